The molecule has 3 rings (SSSR count). The van der Waals surface area contributed by atoms with E-state index >= 15 is 0 Å². The van der Waals surface area contributed by atoms with Gasteiger partial charge in [-0.3, -0.25) is 9.67 Å². The number of hydrogen-bond acceptors (Lipinski definition) is 4. The maximum absolute atomic E-state index is 4.31. The van der Waals surface area contributed by atoms with Crippen LogP contribution in [0, 0.1) is 6.92 Å². The van der Waals surface area contributed by atoms with Crippen molar-refractivity contribution in [2.45, 2.75) is 32.4 Å². The SMILES string of the molecule is Cc1cnn(CCNC2CCN(c3ccncc3)CC2)c1. The zero-order valence-electron chi connectivity index (χ0n) is 12.6. The molecular formula is C16H23N5. The van der Waals surface area contributed by atoms with Gasteiger partial charge in [0.1, 0.15) is 0 Å². The summed E-state index contributed by atoms with van der Waals surface area (Å²) >= 11 is 0. The number of nitrogens with one attached hydrogen (secondary N) is 1. The Balaban J connectivity index is 1.40. The number of pyridine rings is 1. The molecule has 2 aromatic heterocycles. The molecular weight excluding hydrogens is 262 g/mol. The van der Waals surface area contributed by atoms with Gasteiger partial charge in [-0.05, 0) is 37.5 Å². The van der Waals surface area contributed by atoms with Crippen LogP contribution in [-0.4, -0.2) is 40.4 Å². The molecule has 5 heteroatoms. The number of aromatic nitrogens is 3. The van der Waals surface area contributed by atoms with Crippen LogP contribution in [0.1, 0.15) is 18.4 Å². The molecule has 1 fully saturated rings. The maximum Gasteiger partial charge on any atom is 0.0534 e. The van der Waals surface area contributed by atoms with Crippen LogP contribution in [0.25, 0.3) is 0 Å². The van der Waals surface area contributed by atoms with Crippen LogP contribution >= 0.6 is 0 Å². The van der Waals surface area contributed by atoms with Crippen LogP contribution in [0.15, 0.2) is 36.9 Å². The highest BCUT2D eigenvalue weighted by Crippen LogP contribution is 2.18. The van der Waals surface area contributed by atoms with Gasteiger partial charge >= 0.3 is 0 Å². The fraction of sp³-hybridized carbons (Fsp3) is 0.500. The van der Waals surface area contributed by atoms with E-state index in [1.165, 1.54) is 24.1 Å². The van der Waals surface area contributed by atoms with Crippen molar-refractivity contribution in [1.82, 2.24) is 20.1 Å². The van der Waals surface area contributed by atoms with Crippen molar-refractivity contribution in [3.8, 4) is 0 Å². The van der Waals surface area contributed by atoms with Crippen molar-refractivity contribution in [2.75, 3.05) is 24.5 Å². The van der Waals surface area contributed by atoms with Gasteiger partial charge in [0.2, 0.25) is 0 Å². The summed E-state index contributed by atoms with van der Waals surface area (Å²) in [4.78, 5) is 6.52. The highest BCUT2D eigenvalue weighted by atomic mass is 15.3. The van der Waals surface area contributed by atoms with Crippen molar-refractivity contribution in [1.29, 1.82) is 0 Å². The molecule has 0 radical (unpaired) electrons. The Hall–Kier alpha value is -1.88. The van der Waals surface area contributed by atoms with Gasteiger partial charge in [0.05, 0.1) is 12.7 Å². The Morgan fingerprint density at radius 3 is 2.67 bits per heavy atom. The van der Waals surface area contributed by atoms with Crippen LogP contribution in [0.2, 0.25) is 0 Å². The molecule has 0 aromatic carbocycles. The molecule has 0 unspecified atom stereocenters. The van der Waals surface area contributed by atoms with Crippen LogP contribution in [-0.2, 0) is 6.54 Å². The van der Waals surface area contributed by atoms with E-state index in [2.05, 4.69) is 45.6 Å². The third-order valence-corrected chi connectivity index (χ3v) is 4.06. The summed E-state index contributed by atoms with van der Waals surface area (Å²) < 4.78 is 2.01. The molecule has 1 saturated heterocycles. The van der Waals surface area contributed by atoms with E-state index in [0.717, 1.165) is 26.2 Å². The first-order chi connectivity index (χ1) is 10.3. The van der Waals surface area contributed by atoms with Gasteiger partial charge in [-0.15, -0.1) is 0 Å². The van der Waals surface area contributed by atoms with Crippen LogP contribution in [0.4, 0.5) is 5.69 Å². The van der Waals surface area contributed by atoms with Gasteiger partial charge in [0, 0.05) is 50.0 Å². The lowest BCUT2D eigenvalue weighted by atomic mass is 10.0. The monoisotopic (exact) mass is 285 g/mol. The molecule has 112 valence electrons. The zero-order valence-corrected chi connectivity index (χ0v) is 12.6. The third-order valence-electron chi connectivity index (χ3n) is 4.06. The smallest absolute Gasteiger partial charge is 0.0534 e. The molecule has 1 aliphatic heterocycles. The van der Waals surface area contributed by atoms with Crippen LogP contribution < -0.4 is 10.2 Å². The van der Waals surface area contributed by atoms with Gasteiger partial charge in [-0.25, -0.2) is 0 Å². The van der Waals surface area contributed by atoms with E-state index in [-0.39, 0.29) is 0 Å². The fourth-order valence-corrected chi connectivity index (χ4v) is 2.87. The second-order valence-corrected chi connectivity index (χ2v) is 5.70. The molecule has 0 spiro atoms. The quantitative estimate of drug-likeness (QED) is 0.910. The summed E-state index contributed by atoms with van der Waals surface area (Å²) in [6, 6.07) is 4.81. The molecule has 21 heavy (non-hydrogen) atoms. The van der Waals surface area contributed by atoms with Gasteiger partial charge in [0.25, 0.3) is 0 Å². The van der Waals surface area contributed by atoms with Crippen molar-refractivity contribution in [2.24, 2.45) is 0 Å². The minimum Gasteiger partial charge on any atom is -0.371 e. The second-order valence-electron chi connectivity index (χ2n) is 5.70. The number of nitrogens with zero attached hydrogens (tertiary/aromatic N) is 4. The highest BCUT2D eigenvalue weighted by molar-refractivity contribution is 5.44. The van der Waals surface area contributed by atoms with E-state index in [4.69, 9.17) is 0 Å². The molecule has 1 aliphatic rings. The molecule has 0 saturated carbocycles. The highest BCUT2D eigenvalue weighted by Gasteiger charge is 2.18. The fourth-order valence-electron chi connectivity index (χ4n) is 2.87. The Bertz CT molecular complexity index is 543. The average molecular weight is 285 g/mol. The largest absolute Gasteiger partial charge is 0.371 e. The lowest BCUT2D eigenvalue weighted by molar-refractivity contribution is 0.401. The summed E-state index contributed by atoms with van der Waals surface area (Å²) in [6.07, 6.45) is 10.1. The van der Waals surface area contributed by atoms with E-state index in [1.807, 2.05) is 23.3 Å². The van der Waals surface area contributed by atoms with Crippen LogP contribution in [0.3, 0.4) is 0 Å². The minimum atomic E-state index is 0.625. The van der Waals surface area contributed by atoms with Crippen molar-refractivity contribution in [3.05, 3.63) is 42.5 Å². The standard InChI is InChI=1S/C16H23N5/c1-14-12-19-21(13-14)11-8-18-15-4-9-20(10-5-15)16-2-6-17-7-3-16/h2-3,6-7,12-13,15,18H,4-5,8-11H2,1H3. The normalized spacial score (nSPS) is 16.3. The summed E-state index contributed by atoms with van der Waals surface area (Å²) in [7, 11) is 0. The number of hydrogen-bond donors (Lipinski definition) is 1. The summed E-state index contributed by atoms with van der Waals surface area (Å²) in [5, 5.41) is 7.96. The van der Waals surface area contributed by atoms with E-state index in [9.17, 15) is 0 Å². The predicted molar refractivity (Wildman–Crippen MR) is 84.4 cm³/mol. The minimum absolute atomic E-state index is 0.625. The molecule has 1 N–H and O–H groups in total. The van der Waals surface area contributed by atoms with E-state index in [1.54, 1.807) is 0 Å². The van der Waals surface area contributed by atoms with Crippen LogP contribution in [0.5, 0.6) is 0 Å². The van der Waals surface area contributed by atoms with Crippen molar-refractivity contribution in [3.63, 3.8) is 0 Å². The van der Waals surface area contributed by atoms with Gasteiger partial charge < -0.3 is 10.2 Å². The number of piperidine rings is 1. The number of aryl methyl sites for hydroxylation is 1. The first-order valence-electron chi connectivity index (χ1n) is 7.69. The average Bonchev–Trinajstić information content (AvgIpc) is 2.94. The third kappa shape index (κ3) is 3.82. The molecule has 0 bridgehead atoms. The summed E-state index contributed by atoms with van der Waals surface area (Å²) in [6.45, 7) is 6.23. The topological polar surface area (TPSA) is 46.0 Å². The van der Waals surface area contributed by atoms with Crippen molar-refractivity contribution >= 4 is 5.69 Å². The second kappa shape index (κ2) is 6.72. The van der Waals surface area contributed by atoms with Gasteiger partial charge in [-0.2, -0.15) is 5.10 Å². The number of anilines is 1. The summed E-state index contributed by atoms with van der Waals surface area (Å²) in [5.41, 5.74) is 2.51. The lowest BCUT2D eigenvalue weighted by Gasteiger charge is -2.34. The molecule has 0 aliphatic carbocycles. The van der Waals surface area contributed by atoms with Gasteiger partial charge in [0.15, 0.2) is 0 Å². The van der Waals surface area contributed by atoms with E-state index < -0.39 is 0 Å². The Morgan fingerprint density at radius 2 is 2.00 bits per heavy atom. The first kappa shape index (κ1) is 14.1. The molecule has 3 heterocycles. The molecule has 5 nitrogen and oxygen atoms in total. The van der Waals surface area contributed by atoms with Gasteiger partial charge in [-0.1, -0.05) is 0 Å². The molecule has 0 amide bonds. The summed E-state index contributed by atoms with van der Waals surface area (Å²) in [5.74, 6) is 0. The molecule has 0 atom stereocenters. The molecule has 2 aromatic rings. The van der Waals surface area contributed by atoms with E-state index in [0.29, 0.717) is 6.04 Å². The first-order valence-corrected chi connectivity index (χ1v) is 7.69. The Labute approximate surface area is 126 Å². The van der Waals surface area contributed by atoms with Crippen molar-refractivity contribution < 1.29 is 0 Å². The maximum atomic E-state index is 4.31. The zero-order chi connectivity index (χ0) is 14.5. The lowest BCUT2D eigenvalue weighted by Crippen LogP contribution is -2.43. The Kier molecular flexibility index (Phi) is 4.50. The number of rotatable bonds is 5. The Morgan fingerprint density at radius 1 is 1.24 bits per heavy atom. The predicted octanol–water partition coefficient (Wildman–Crippen LogP) is 1.85.